The first-order chi connectivity index (χ1) is 20.3. The van der Waals surface area contributed by atoms with Gasteiger partial charge in [-0.15, -0.1) is 6.42 Å². The first-order valence-electron chi connectivity index (χ1n) is 13.1. The summed E-state index contributed by atoms with van der Waals surface area (Å²) in [6, 6.07) is 11.4. The zero-order chi connectivity index (χ0) is 30.2. The Bertz CT molecular complexity index is 1750. The lowest BCUT2D eigenvalue weighted by Crippen LogP contribution is -2.40. The number of ether oxygens (including phenoxy) is 5. The molecular weight excluding hydrogens is 560 g/mol. The van der Waals surface area contributed by atoms with E-state index in [1.54, 1.807) is 51.1 Å². The predicted molar refractivity (Wildman–Crippen MR) is 156 cm³/mol. The highest BCUT2D eigenvalue weighted by Gasteiger charge is 2.34. The third kappa shape index (κ3) is 6.39. The SMILES string of the molecule is C#CCOc1ccccc1/C=c1/sc2n(c1=O)[C@H](c1ccc(OCC(=O)OC)c(OCC)c1)C(C(=O)OCC)=C(C)N=2. The molecule has 2 heterocycles. The molecule has 0 fully saturated rings. The number of methoxy groups -OCH3 is 1. The van der Waals surface area contributed by atoms with Gasteiger partial charge in [-0.2, -0.15) is 0 Å². The fourth-order valence-corrected chi connectivity index (χ4v) is 5.41. The summed E-state index contributed by atoms with van der Waals surface area (Å²) < 4.78 is 29.0. The van der Waals surface area contributed by atoms with E-state index in [0.29, 0.717) is 50.0 Å². The molecule has 0 spiro atoms. The average molecular weight is 591 g/mol. The second-order valence-electron chi connectivity index (χ2n) is 8.84. The third-order valence-corrected chi connectivity index (χ3v) is 7.17. The van der Waals surface area contributed by atoms with E-state index in [9.17, 15) is 14.4 Å². The van der Waals surface area contributed by atoms with E-state index in [2.05, 4.69) is 15.6 Å². The second kappa shape index (κ2) is 13.7. The van der Waals surface area contributed by atoms with Crippen LogP contribution in [0.4, 0.5) is 0 Å². The molecule has 2 aromatic carbocycles. The van der Waals surface area contributed by atoms with Crippen LogP contribution in [0.25, 0.3) is 6.08 Å². The van der Waals surface area contributed by atoms with Crippen LogP contribution >= 0.6 is 11.3 Å². The molecule has 0 saturated heterocycles. The van der Waals surface area contributed by atoms with E-state index in [1.807, 2.05) is 18.2 Å². The summed E-state index contributed by atoms with van der Waals surface area (Å²) in [5.41, 5.74) is 1.52. The Labute approximate surface area is 246 Å². The smallest absolute Gasteiger partial charge is 0.343 e. The Morgan fingerprint density at radius 3 is 2.57 bits per heavy atom. The Hall–Kier alpha value is -4.82. The second-order valence-corrected chi connectivity index (χ2v) is 9.85. The van der Waals surface area contributed by atoms with Gasteiger partial charge in [0.05, 0.1) is 42.2 Å². The molecule has 3 aromatic rings. The van der Waals surface area contributed by atoms with E-state index < -0.39 is 18.0 Å². The number of esters is 2. The lowest BCUT2D eigenvalue weighted by Gasteiger charge is -2.25. The van der Waals surface area contributed by atoms with Crippen LogP contribution < -0.4 is 29.1 Å². The van der Waals surface area contributed by atoms with Gasteiger partial charge >= 0.3 is 11.9 Å². The number of benzene rings is 2. The Morgan fingerprint density at radius 2 is 1.86 bits per heavy atom. The largest absolute Gasteiger partial charge is 0.490 e. The number of fused-ring (bicyclic) bond motifs is 1. The van der Waals surface area contributed by atoms with Crippen molar-refractivity contribution in [1.82, 2.24) is 4.57 Å². The molecule has 0 radical (unpaired) electrons. The van der Waals surface area contributed by atoms with Crippen LogP contribution in [0.5, 0.6) is 17.2 Å². The summed E-state index contributed by atoms with van der Waals surface area (Å²) in [6.45, 7) is 5.43. The third-order valence-electron chi connectivity index (χ3n) is 6.19. The number of carbonyl (C=O) groups excluding carboxylic acids is 2. The number of aromatic nitrogens is 1. The van der Waals surface area contributed by atoms with Gasteiger partial charge in [0.15, 0.2) is 22.9 Å². The van der Waals surface area contributed by atoms with Gasteiger partial charge in [0.2, 0.25) is 0 Å². The minimum atomic E-state index is -0.871. The van der Waals surface area contributed by atoms with E-state index in [4.69, 9.17) is 25.4 Å². The lowest BCUT2D eigenvalue weighted by molar-refractivity contribution is -0.143. The van der Waals surface area contributed by atoms with Crippen molar-refractivity contribution in [3.8, 4) is 29.6 Å². The van der Waals surface area contributed by atoms with Crippen molar-refractivity contribution in [2.45, 2.75) is 26.8 Å². The molecule has 10 nitrogen and oxygen atoms in total. The van der Waals surface area contributed by atoms with Gasteiger partial charge in [-0.1, -0.05) is 41.5 Å². The fraction of sp³-hybridized carbons (Fsp3) is 0.290. The minimum Gasteiger partial charge on any atom is -0.490 e. The van der Waals surface area contributed by atoms with E-state index in [0.717, 1.165) is 0 Å². The van der Waals surface area contributed by atoms with Crippen molar-refractivity contribution < 1.29 is 33.3 Å². The molecule has 1 aliphatic rings. The maximum Gasteiger partial charge on any atom is 0.343 e. The first kappa shape index (κ1) is 30.1. The summed E-state index contributed by atoms with van der Waals surface area (Å²) in [5.74, 6) is 2.47. The van der Waals surface area contributed by atoms with Crippen LogP contribution in [0.2, 0.25) is 0 Å². The van der Waals surface area contributed by atoms with Gasteiger partial charge in [0, 0.05) is 5.56 Å². The maximum absolute atomic E-state index is 14.0. The minimum absolute atomic E-state index is 0.0791. The number of terminal acetylenes is 1. The summed E-state index contributed by atoms with van der Waals surface area (Å²) in [7, 11) is 1.27. The summed E-state index contributed by atoms with van der Waals surface area (Å²) >= 11 is 1.19. The topological polar surface area (TPSA) is 115 Å². The molecule has 0 bridgehead atoms. The number of para-hydroxylation sites is 1. The quantitative estimate of drug-likeness (QED) is 0.248. The molecule has 1 aliphatic heterocycles. The molecule has 0 aliphatic carbocycles. The van der Waals surface area contributed by atoms with Crippen LogP contribution in [0.3, 0.4) is 0 Å². The van der Waals surface area contributed by atoms with Crippen molar-refractivity contribution in [2.75, 3.05) is 33.5 Å². The van der Waals surface area contributed by atoms with E-state index in [1.165, 1.54) is 23.0 Å². The number of allylic oxidation sites excluding steroid dienone is 1. The number of hydrogen-bond acceptors (Lipinski definition) is 10. The van der Waals surface area contributed by atoms with Crippen molar-refractivity contribution in [3.05, 3.63) is 84.5 Å². The molecular formula is C31H30N2O8S. The lowest BCUT2D eigenvalue weighted by atomic mass is 9.95. The summed E-state index contributed by atoms with van der Waals surface area (Å²) in [5, 5.41) is 0. The highest BCUT2D eigenvalue weighted by molar-refractivity contribution is 7.07. The predicted octanol–water partition coefficient (Wildman–Crippen LogP) is 2.76. The standard InChI is InChI=1S/C31H30N2O8S/c1-6-15-40-22-12-10-9-11-20(22)17-25-29(35)33-28(27(30(36)39-8-3)19(4)32-31(33)42-25)21-13-14-23(24(16-21)38-7-2)41-18-26(34)37-5/h1,9-14,16-17,28H,7-8,15,18H2,2-5H3/b25-17+/t28-/m1/s1. The number of thiazole rings is 1. The van der Waals surface area contributed by atoms with Crippen LogP contribution in [0.15, 0.2) is 63.5 Å². The van der Waals surface area contributed by atoms with Gasteiger partial charge in [0.1, 0.15) is 12.4 Å². The van der Waals surface area contributed by atoms with Crippen molar-refractivity contribution in [3.63, 3.8) is 0 Å². The number of nitrogens with zero attached hydrogens (tertiary/aromatic N) is 2. The molecule has 4 rings (SSSR count). The normalized spacial score (nSPS) is 14.4. The zero-order valence-electron chi connectivity index (χ0n) is 23.7. The first-order valence-corrected chi connectivity index (χ1v) is 14.0. The van der Waals surface area contributed by atoms with Crippen molar-refractivity contribution >= 4 is 29.4 Å². The van der Waals surface area contributed by atoms with Gasteiger partial charge in [-0.05, 0) is 50.6 Å². The molecule has 42 heavy (non-hydrogen) atoms. The Kier molecular flexibility index (Phi) is 9.83. The van der Waals surface area contributed by atoms with Crippen LogP contribution in [-0.2, 0) is 19.1 Å². The fourth-order valence-electron chi connectivity index (χ4n) is 4.38. The molecule has 0 amide bonds. The summed E-state index contributed by atoms with van der Waals surface area (Å²) in [4.78, 5) is 43.9. The molecule has 1 atom stereocenters. The van der Waals surface area contributed by atoms with Crippen LogP contribution in [0.1, 0.15) is 37.9 Å². The van der Waals surface area contributed by atoms with Gasteiger partial charge in [-0.3, -0.25) is 9.36 Å². The molecule has 218 valence electrons. The average Bonchev–Trinajstić information content (AvgIpc) is 3.29. The van der Waals surface area contributed by atoms with Gasteiger partial charge < -0.3 is 23.7 Å². The molecule has 1 aromatic heterocycles. The molecule has 0 saturated carbocycles. The monoisotopic (exact) mass is 590 g/mol. The van der Waals surface area contributed by atoms with Gasteiger partial charge in [-0.25, -0.2) is 14.6 Å². The maximum atomic E-state index is 14.0. The highest BCUT2D eigenvalue weighted by atomic mass is 32.1. The number of rotatable bonds is 11. The molecule has 0 N–H and O–H groups in total. The number of carbonyl (C=O) groups is 2. The van der Waals surface area contributed by atoms with Gasteiger partial charge in [0.25, 0.3) is 5.56 Å². The van der Waals surface area contributed by atoms with Crippen LogP contribution in [0, 0.1) is 12.3 Å². The van der Waals surface area contributed by atoms with Crippen molar-refractivity contribution in [2.24, 2.45) is 4.99 Å². The highest BCUT2D eigenvalue weighted by Crippen LogP contribution is 2.36. The van der Waals surface area contributed by atoms with Crippen LogP contribution in [-0.4, -0.2) is 50.0 Å². The molecule has 0 unspecified atom stereocenters. The molecule has 11 heteroatoms. The van der Waals surface area contributed by atoms with E-state index >= 15 is 0 Å². The summed E-state index contributed by atoms with van der Waals surface area (Å²) in [6.07, 6.45) is 7.07. The number of hydrogen-bond donors (Lipinski definition) is 0. The zero-order valence-corrected chi connectivity index (χ0v) is 24.5. The Morgan fingerprint density at radius 1 is 1.07 bits per heavy atom. The van der Waals surface area contributed by atoms with E-state index in [-0.39, 0.29) is 31.0 Å². The van der Waals surface area contributed by atoms with Crippen molar-refractivity contribution in [1.29, 1.82) is 0 Å². The Balaban J connectivity index is 1.90.